The zero-order valence-corrected chi connectivity index (χ0v) is 10.8. The Balaban J connectivity index is 2.25. The summed E-state index contributed by atoms with van der Waals surface area (Å²) >= 11 is 0. The maximum Gasteiger partial charge on any atom is 0.200 e. The van der Waals surface area contributed by atoms with Gasteiger partial charge in [-0.05, 0) is 32.0 Å². The van der Waals surface area contributed by atoms with E-state index in [9.17, 15) is 0 Å². The standard InChI is InChI=1S/C14H13N5/c1-8-7-9(2)17-13(16-8)14-18-11-6-4-3-5-10(11)12(15)19-14/h3-7H,1-2H3,(H2,15,18,19). The van der Waals surface area contributed by atoms with E-state index in [2.05, 4.69) is 19.9 Å². The highest BCUT2D eigenvalue weighted by Gasteiger charge is 2.10. The van der Waals surface area contributed by atoms with Gasteiger partial charge in [0.2, 0.25) is 0 Å². The number of fused-ring (bicyclic) bond motifs is 1. The first kappa shape index (κ1) is 11.5. The monoisotopic (exact) mass is 251 g/mol. The molecule has 0 aliphatic heterocycles. The van der Waals surface area contributed by atoms with E-state index in [4.69, 9.17) is 5.73 Å². The van der Waals surface area contributed by atoms with Crippen LogP contribution in [0.25, 0.3) is 22.6 Å². The van der Waals surface area contributed by atoms with Crippen LogP contribution >= 0.6 is 0 Å². The number of hydrogen-bond acceptors (Lipinski definition) is 5. The van der Waals surface area contributed by atoms with Gasteiger partial charge >= 0.3 is 0 Å². The quantitative estimate of drug-likeness (QED) is 0.718. The van der Waals surface area contributed by atoms with Crippen molar-refractivity contribution in [2.24, 2.45) is 0 Å². The lowest BCUT2D eigenvalue weighted by atomic mass is 10.2. The Morgan fingerprint density at radius 3 is 2.21 bits per heavy atom. The van der Waals surface area contributed by atoms with Crippen LogP contribution in [0.5, 0.6) is 0 Å². The van der Waals surface area contributed by atoms with Crippen LogP contribution in [0.15, 0.2) is 30.3 Å². The normalized spacial score (nSPS) is 10.8. The number of aryl methyl sites for hydroxylation is 2. The van der Waals surface area contributed by atoms with Gasteiger partial charge in [-0.2, -0.15) is 0 Å². The van der Waals surface area contributed by atoms with E-state index in [0.29, 0.717) is 17.5 Å². The molecule has 0 saturated carbocycles. The third-order valence-electron chi connectivity index (χ3n) is 2.81. The highest BCUT2D eigenvalue weighted by molar-refractivity contribution is 5.89. The van der Waals surface area contributed by atoms with Crippen LogP contribution in [-0.2, 0) is 0 Å². The van der Waals surface area contributed by atoms with Crippen molar-refractivity contribution >= 4 is 16.7 Å². The van der Waals surface area contributed by atoms with Crippen molar-refractivity contribution in [2.75, 3.05) is 5.73 Å². The first-order valence-corrected chi connectivity index (χ1v) is 5.98. The van der Waals surface area contributed by atoms with Gasteiger partial charge in [-0.1, -0.05) is 12.1 Å². The molecule has 0 atom stereocenters. The molecule has 0 aliphatic carbocycles. The SMILES string of the molecule is Cc1cc(C)nc(-c2nc(N)c3ccccc3n2)n1. The van der Waals surface area contributed by atoms with Gasteiger partial charge in [0.05, 0.1) is 5.52 Å². The summed E-state index contributed by atoms with van der Waals surface area (Å²) in [4.78, 5) is 17.5. The molecule has 2 heterocycles. The highest BCUT2D eigenvalue weighted by atomic mass is 15.0. The second-order valence-electron chi connectivity index (χ2n) is 4.42. The van der Waals surface area contributed by atoms with Crippen LogP contribution in [0, 0.1) is 13.8 Å². The summed E-state index contributed by atoms with van der Waals surface area (Å²) in [6.07, 6.45) is 0. The number of nitrogen functional groups attached to an aromatic ring is 1. The van der Waals surface area contributed by atoms with Crippen molar-refractivity contribution in [3.8, 4) is 11.6 Å². The van der Waals surface area contributed by atoms with Crippen molar-refractivity contribution < 1.29 is 0 Å². The van der Waals surface area contributed by atoms with Gasteiger partial charge in [-0.3, -0.25) is 0 Å². The Morgan fingerprint density at radius 2 is 1.47 bits per heavy atom. The molecule has 1 aromatic carbocycles. The van der Waals surface area contributed by atoms with Crippen LogP contribution in [0.1, 0.15) is 11.4 Å². The number of rotatable bonds is 1. The predicted molar refractivity (Wildman–Crippen MR) is 74.5 cm³/mol. The molecule has 19 heavy (non-hydrogen) atoms. The Kier molecular flexibility index (Phi) is 2.59. The summed E-state index contributed by atoms with van der Waals surface area (Å²) in [6.45, 7) is 3.84. The molecule has 5 heteroatoms. The van der Waals surface area contributed by atoms with Crippen LogP contribution < -0.4 is 5.73 Å². The van der Waals surface area contributed by atoms with Gasteiger partial charge < -0.3 is 5.73 Å². The van der Waals surface area contributed by atoms with Crippen molar-refractivity contribution in [3.63, 3.8) is 0 Å². The molecule has 0 aliphatic rings. The van der Waals surface area contributed by atoms with Gasteiger partial charge in [0.25, 0.3) is 0 Å². The Labute approximate surface area is 110 Å². The lowest BCUT2D eigenvalue weighted by Crippen LogP contribution is -2.02. The van der Waals surface area contributed by atoms with Gasteiger partial charge in [0, 0.05) is 16.8 Å². The second-order valence-corrected chi connectivity index (χ2v) is 4.42. The summed E-state index contributed by atoms with van der Waals surface area (Å²) in [6, 6.07) is 9.54. The number of anilines is 1. The van der Waals surface area contributed by atoms with Crippen LogP contribution in [0.3, 0.4) is 0 Å². The topological polar surface area (TPSA) is 77.6 Å². The zero-order chi connectivity index (χ0) is 13.4. The van der Waals surface area contributed by atoms with Crippen LogP contribution in [0.2, 0.25) is 0 Å². The van der Waals surface area contributed by atoms with E-state index in [1.165, 1.54) is 0 Å². The summed E-state index contributed by atoms with van der Waals surface area (Å²) < 4.78 is 0. The molecule has 94 valence electrons. The molecule has 0 amide bonds. The maximum absolute atomic E-state index is 5.96. The number of benzene rings is 1. The van der Waals surface area contributed by atoms with Crippen molar-refractivity contribution in [3.05, 3.63) is 41.7 Å². The minimum Gasteiger partial charge on any atom is -0.383 e. The maximum atomic E-state index is 5.96. The molecule has 0 radical (unpaired) electrons. The lowest BCUT2D eigenvalue weighted by Gasteiger charge is -2.05. The van der Waals surface area contributed by atoms with Crippen molar-refractivity contribution in [1.82, 2.24) is 19.9 Å². The molecule has 5 nitrogen and oxygen atoms in total. The minimum atomic E-state index is 0.448. The van der Waals surface area contributed by atoms with E-state index in [1.54, 1.807) is 0 Å². The molecular weight excluding hydrogens is 238 g/mol. The first-order valence-electron chi connectivity index (χ1n) is 5.98. The molecule has 0 unspecified atom stereocenters. The molecule has 3 aromatic rings. The van der Waals surface area contributed by atoms with E-state index in [0.717, 1.165) is 22.3 Å². The summed E-state index contributed by atoms with van der Waals surface area (Å²) in [5.41, 5.74) is 8.54. The third-order valence-corrected chi connectivity index (χ3v) is 2.81. The number of nitrogens with zero attached hydrogens (tertiary/aromatic N) is 4. The Bertz CT molecular complexity index is 747. The third kappa shape index (κ3) is 2.10. The van der Waals surface area contributed by atoms with Gasteiger partial charge in [0.1, 0.15) is 5.82 Å². The molecule has 0 spiro atoms. The van der Waals surface area contributed by atoms with Gasteiger partial charge in [0.15, 0.2) is 11.6 Å². The van der Waals surface area contributed by atoms with Gasteiger partial charge in [-0.25, -0.2) is 19.9 Å². The fourth-order valence-electron chi connectivity index (χ4n) is 2.03. The first-order chi connectivity index (χ1) is 9.13. The smallest absolute Gasteiger partial charge is 0.200 e. The van der Waals surface area contributed by atoms with E-state index >= 15 is 0 Å². The molecule has 0 fully saturated rings. The lowest BCUT2D eigenvalue weighted by molar-refractivity contribution is 1.03. The Hall–Kier alpha value is -2.56. The van der Waals surface area contributed by atoms with E-state index in [1.807, 2.05) is 44.2 Å². The number of nitrogens with two attached hydrogens (primary N) is 1. The second kappa shape index (κ2) is 4.28. The van der Waals surface area contributed by atoms with Crippen molar-refractivity contribution in [2.45, 2.75) is 13.8 Å². The zero-order valence-electron chi connectivity index (χ0n) is 10.8. The van der Waals surface area contributed by atoms with Crippen LogP contribution in [0.4, 0.5) is 5.82 Å². The average molecular weight is 251 g/mol. The molecule has 3 rings (SSSR count). The summed E-state index contributed by atoms with van der Waals surface area (Å²) in [5.74, 6) is 1.42. The molecule has 0 saturated heterocycles. The molecule has 2 aromatic heterocycles. The number of hydrogen-bond donors (Lipinski definition) is 1. The van der Waals surface area contributed by atoms with E-state index < -0.39 is 0 Å². The number of aromatic nitrogens is 4. The minimum absolute atomic E-state index is 0.448. The fraction of sp³-hybridized carbons (Fsp3) is 0.143. The Morgan fingerprint density at radius 1 is 0.842 bits per heavy atom. The molecular formula is C14H13N5. The van der Waals surface area contributed by atoms with Crippen molar-refractivity contribution in [1.29, 1.82) is 0 Å². The highest BCUT2D eigenvalue weighted by Crippen LogP contribution is 2.21. The average Bonchev–Trinajstić information content (AvgIpc) is 2.37. The molecule has 2 N–H and O–H groups in total. The summed E-state index contributed by atoms with van der Waals surface area (Å²) in [5, 5.41) is 0.843. The molecule has 0 bridgehead atoms. The fourth-order valence-corrected chi connectivity index (χ4v) is 2.03. The summed E-state index contributed by atoms with van der Waals surface area (Å²) in [7, 11) is 0. The van der Waals surface area contributed by atoms with Gasteiger partial charge in [-0.15, -0.1) is 0 Å². The van der Waals surface area contributed by atoms with Crippen LogP contribution in [-0.4, -0.2) is 19.9 Å². The largest absolute Gasteiger partial charge is 0.383 e. The number of para-hydroxylation sites is 1. The van der Waals surface area contributed by atoms with E-state index in [-0.39, 0.29) is 0 Å². The predicted octanol–water partition coefficient (Wildman–Crippen LogP) is 2.29.